The van der Waals surface area contributed by atoms with E-state index >= 15 is 0 Å². The Hall–Kier alpha value is -1.97. The standard InChI is InChI=1S/C20H21Cl2NO2/c1-2-3-4-13-25-17-9-7-16(8-10-17)23-20(24)12-6-15-5-11-18(21)19(22)14-15/h5-12,14H,2-4,13H2,1H3,(H,23,24)/b12-6+. The van der Waals surface area contributed by atoms with E-state index in [1.807, 2.05) is 24.3 Å². The molecule has 2 aromatic carbocycles. The third-order valence-corrected chi connectivity index (χ3v) is 4.25. The van der Waals surface area contributed by atoms with Crippen LogP contribution in [0.25, 0.3) is 6.08 Å². The molecule has 1 amide bonds. The summed E-state index contributed by atoms with van der Waals surface area (Å²) in [6.07, 6.45) is 6.52. The number of carbonyl (C=O) groups is 1. The van der Waals surface area contributed by atoms with Gasteiger partial charge in [-0.25, -0.2) is 0 Å². The van der Waals surface area contributed by atoms with Gasteiger partial charge in [0.2, 0.25) is 5.91 Å². The molecule has 0 aliphatic rings. The summed E-state index contributed by atoms with van der Waals surface area (Å²) in [7, 11) is 0. The maximum Gasteiger partial charge on any atom is 0.248 e. The van der Waals surface area contributed by atoms with E-state index in [0.717, 1.165) is 17.7 Å². The third kappa shape index (κ3) is 6.81. The summed E-state index contributed by atoms with van der Waals surface area (Å²) in [5.74, 6) is 0.586. The second kappa shape index (κ2) is 10.1. The van der Waals surface area contributed by atoms with Crippen LogP contribution in [0.3, 0.4) is 0 Å². The van der Waals surface area contributed by atoms with Crippen molar-refractivity contribution >= 4 is 40.9 Å². The highest BCUT2D eigenvalue weighted by Gasteiger charge is 2.01. The van der Waals surface area contributed by atoms with E-state index in [-0.39, 0.29) is 5.91 Å². The van der Waals surface area contributed by atoms with Crippen LogP contribution in [-0.2, 0) is 4.79 Å². The van der Waals surface area contributed by atoms with E-state index in [2.05, 4.69) is 12.2 Å². The number of carbonyl (C=O) groups excluding carboxylic acids is 1. The highest BCUT2D eigenvalue weighted by molar-refractivity contribution is 6.42. The van der Waals surface area contributed by atoms with E-state index in [4.69, 9.17) is 27.9 Å². The molecule has 0 unspecified atom stereocenters. The molecule has 132 valence electrons. The maximum atomic E-state index is 12.0. The highest BCUT2D eigenvalue weighted by Crippen LogP contribution is 2.23. The first kappa shape index (κ1) is 19.4. The second-order valence-corrected chi connectivity index (χ2v) is 6.39. The predicted octanol–water partition coefficient (Wildman–Crippen LogP) is 6.21. The minimum Gasteiger partial charge on any atom is -0.494 e. The number of hydrogen-bond donors (Lipinski definition) is 1. The molecule has 0 fully saturated rings. The molecule has 0 spiro atoms. The predicted molar refractivity (Wildman–Crippen MR) is 106 cm³/mol. The summed E-state index contributed by atoms with van der Waals surface area (Å²) >= 11 is 11.8. The normalized spacial score (nSPS) is 10.8. The number of nitrogens with one attached hydrogen (secondary N) is 1. The number of rotatable bonds is 8. The Balaban J connectivity index is 1.85. The Morgan fingerprint density at radius 3 is 2.52 bits per heavy atom. The van der Waals surface area contributed by atoms with Crippen molar-refractivity contribution in [1.29, 1.82) is 0 Å². The quantitative estimate of drug-likeness (QED) is 0.438. The van der Waals surface area contributed by atoms with Crippen molar-refractivity contribution in [2.75, 3.05) is 11.9 Å². The lowest BCUT2D eigenvalue weighted by Gasteiger charge is -2.07. The molecule has 0 aromatic heterocycles. The Bertz CT molecular complexity index is 727. The van der Waals surface area contributed by atoms with Crippen LogP contribution >= 0.6 is 23.2 Å². The minimum absolute atomic E-state index is 0.220. The molecular weight excluding hydrogens is 357 g/mol. The van der Waals surface area contributed by atoms with E-state index in [1.165, 1.54) is 18.9 Å². The lowest BCUT2D eigenvalue weighted by atomic mass is 10.2. The van der Waals surface area contributed by atoms with Crippen LogP contribution in [0.5, 0.6) is 5.75 Å². The molecule has 0 saturated heterocycles. The number of hydrogen-bond acceptors (Lipinski definition) is 2. The monoisotopic (exact) mass is 377 g/mol. The molecule has 0 aliphatic heterocycles. The van der Waals surface area contributed by atoms with Gasteiger partial charge in [0.25, 0.3) is 0 Å². The van der Waals surface area contributed by atoms with Gasteiger partial charge in [-0.1, -0.05) is 49.0 Å². The number of amides is 1. The van der Waals surface area contributed by atoms with Crippen LogP contribution in [0.4, 0.5) is 5.69 Å². The molecule has 0 saturated carbocycles. The molecule has 5 heteroatoms. The Kier molecular flexibility index (Phi) is 7.83. The van der Waals surface area contributed by atoms with Gasteiger partial charge in [0.1, 0.15) is 5.75 Å². The first-order chi connectivity index (χ1) is 12.1. The van der Waals surface area contributed by atoms with Gasteiger partial charge in [0.15, 0.2) is 0 Å². The van der Waals surface area contributed by atoms with Crippen LogP contribution in [0, 0.1) is 0 Å². The van der Waals surface area contributed by atoms with Crippen molar-refractivity contribution in [3.63, 3.8) is 0 Å². The van der Waals surface area contributed by atoms with Crippen molar-refractivity contribution in [2.45, 2.75) is 26.2 Å². The highest BCUT2D eigenvalue weighted by atomic mass is 35.5. The van der Waals surface area contributed by atoms with Gasteiger partial charge in [-0.2, -0.15) is 0 Å². The molecule has 25 heavy (non-hydrogen) atoms. The fourth-order valence-corrected chi connectivity index (χ4v) is 2.45. The van der Waals surface area contributed by atoms with Gasteiger partial charge < -0.3 is 10.1 Å². The molecule has 2 rings (SSSR count). The molecular formula is C20H21Cl2NO2. The zero-order chi connectivity index (χ0) is 18.1. The largest absolute Gasteiger partial charge is 0.494 e. The van der Waals surface area contributed by atoms with Crippen molar-refractivity contribution in [3.8, 4) is 5.75 Å². The van der Waals surface area contributed by atoms with E-state index in [1.54, 1.807) is 24.3 Å². The summed E-state index contributed by atoms with van der Waals surface area (Å²) in [5.41, 5.74) is 1.52. The zero-order valence-corrected chi connectivity index (χ0v) is 15.6. The average Bonchev–Trinajstić information content (AvgIpc) is 2.61. The Morgan fingerprint density at radius 2 is 1.84 bits per heavy atom. The smallest absolute Gasteiger partial charge is 0.248 e. The molecule has 3 nitrogen and oxygen atoms in total. The fraction of sp³-hybridized carbons (Fsp3) is 0.250. The van der Waals surface area contributed by atoms with Gasteiger partial charge in [-0.15, -0.1) is 0 Å². The van der Waals surface area contributed by atoms with Crippen LogP contribution < -0.4 is 10.1 Å². The van der Waals surface area contributed by atoms with Crippen LogP contribution in [-0.4, -0.2) is 12.5 Å². The van der Waals surface area contributed by atoms with Gasteiger partial charge >= 0.3 is 0 Å². The number of anilines is 1. The summed E-state index contributed by atoms with van der Waals surface area (Å²) in [6, 6.07) is 12.5. The molecule has 0 bridgehead atoms. The van der Waals surface area contributed by atoms with E-state index in [9.17, 15) is 4.79 Å². The van der Waals surface area contributed by atoms with Crippen molar-refractivity contribution in [1.82, 2.24) is 0 Å². The molecule has 1 N–H and O–H groups in total. The fourth-order valence-electron chi connectivity index (χ4n) is 2.15. The number of ether oxygens (including phenoxy) is 1. The second-order valence-electron chi connectivity index (χ2n) is 5.58. The summed E-state index contributed by atoms with van der Waals surface area (Å²) in [6.45, 7) is 2.87. The third-order valence-electron chi connectivity index (χ3n) is 3.51. The van der Waals surface area contributed by atoms with Crippen molar-refractivity contribution in [2.24, 2.45) is 0 Å². The number of benzene rings is 2. The summed E-state index contributed by atoms with van der Waals surface area (Å²) in [5, 5.41) is 3.74. The SMILES string of the molecule is CCCCCOc1ccc(NC(=O)/C=C/c2ccc(Cl)c(Cl)c2)cc1. The number of unbranched alkanes of at least 4 members (excludes halogenated alkanes) is 2. The van der Waals surface area contributed by atoms with Crippen LogP contribution in [0.1, 0.15) is 31.7 Å². The number of halogens is 2. The average molecular weight is 378 g/mol. The van der Waals surface area contributed by atoms with Gasteiger partial charge in [-0.3, -0.25) is 4.79 Å². The minimum atomic E-state index is -0.220. The van der Waals surface area contributed by atoms with Gasteiger partial charge in [0, 0.05) is 11.8 Å². The van der Waals surface area contributed by atoms with E-state index < -0.39 is 0 Å². The Morgan fingerprint density at radius 1 is 1.08 bits per heavy atom. The van der Waals surface area contributed by atoms with Gasteiger partial charge in [0.05, 0.1) is 16.7 Å². The van der Waals surface area contributed by atoms with Crippen LogP contribution in [0.15, 0.2) is 48.5 Å². The molecule has 0 aliphatic carbocycles. The molecule has 0 heterocycles. The first-order valence-corrected chi connectivity index (χ1v) is 9.01. The molecule has 0 radical (unpaired) electrons. The van der Waals surface area contributed by atoms with Gasteiger partial charge in [-0.05, 0) is 54.5 Å². The van der Waals surface area contributed by atoms with Crippen molar-refractivity contribution < 1.29 is 9.53 Å². The lowest BCUT2D eigenvalue weighted by molar-refractivity contribution is -0.111. The lowest BCUT2D eigenvalue weighted by Crippen LogP contribution is -2.07. The Labute approximate surface area is 158 Å². The molecule has 0 atom stereocenters. The maximum absolute atomic E-state index is 12.0. The van der Waals surface area contributed by atoms with Crippen LogP contribution in [0.2, 0.25) is 10.0 Å². The molecule has 2 aromatic rings. The first-order valence-electron chi connectivity index (χ1n) is 8.25. The zero-order valence-electron chi connectivity index (χ0n) is 14.1. The van der Waals surface area contributed by atoms with Crippen molar-refractivity contribution in [3.05, 3.63) is 64.1 Å². The van der Waals surface area contributed by atoms with E-state index in [0.29, 0.717) is 22.3 Å². The summed E-state index contributed by atoms with van der Waals surface area (Å²) < 4.78 is 5.64. The topological polar surface area (TPSA) is 38.3 Å². The summed E-state index contributed by atoms with van der Waals surface area (Å²) in [4.78, 5) is 12.0.